The van der Waals surface area contributed by atoms with Gasteiger partial charge in [0.15, 0.2) is 0 Å². The van der Waals surface area contributed by atoms with Crippen molar-refractivity contribution in [3.8, 4) is 0 Å². The minimum atomic E-state index is -0.296. The molecule has 0 saturated carbocycles. The molecule has 3 heterocycles. The van der Waals surface area contributed by atoms with Crippen LogP contribution in [0.2, 0.25) is 0 Å². The normalized spacial score (nSPS) is 20.2. The third-order valence-corrected chi connectivity index (χ3v) is 6.36. The van der Waals surface area contributed by atoms with Crippen LogP contribution in [0.3, 0.4) is 0 Å². The highest BCUT2D eigenvalue weighted by Crippen LogP contribution is 2.28. The standard InChI is InChI=1S/C19H23N3O3S/c23-16-7-12-25-19(13-20-16)8-10-22(11-9-19)18(24)6-5-17-21-14-3-1-2-4-15(14)26-17/h1-4H,5-13H2,(H,20,23). The third kappa shape index (κ3) is 3.73. The number of nitrogens with one attached hydrogen (secondary N) is 1. The first-order valence-electron chi connectivity index (χ1n) is 9.16. The Bertz CT molecular complexity index is 778. The SMILES string of the molecule is O=C1CCOC2(CCN(C(=O)CCc3nc4ccccc4s3)CC2)CN1. The van der Waals surface area contributed by atoms with Crippen molar-refractivity contribution in [1.29, 1.82) is 0 Å². The van der Waals surface area contributed by atoms with Crippen molar-refractivity contribution in [3.05, 3.63) is 29.3 Å². The van der Waals surface area contributed by atoms with E-state index in [1.807, 2.05) is 23.1 Å². The van der Waals surface area contributed by atoms with Gasteiger partial charge in [-0.25, -0.2) is 4.98 Å². The second-order valence-corrected chi connectivity index (χ2v) is 8.13. The minimum absolute atomic E-state index is 0.0521. The highest BCUT2D eigenvalue weighted by molar-refractivity contribution is 7.18. The van der Waals surface area contributed by atoms with Crippen molar-refractivity contribution in [2.75, 3.05) is 26.2 Å². The Kier molecular flexibility index (Phi) is 4.91. The van der Waals surface area contributed by atoms with Gasteiger partial charge in [-0.2, -0.15) is 0 Å². The van der Waals surface area contributed by atoms with Crippen LogP contribution >= 0.6 is 11.3 Å². The predicted molar refractivity (Wildman–Crippen MR) is 100 cm³/mol. The summed E-state index contributed by atoms with van der Waals surface area (Å²) in [7, 11) is 0. The summed E-state index contributed by atoms with van der Waals surface area (Å²) in [5, 5.41) is 3.95. The molecule has 6 nitrogen and oxygen atoms in total. The number of likely N-dealkylation sites (tertiary alicyclic amines) is 1. The Hall–Kier alpha value is -1.99. The number of para-hydroxylation sites is 1. The molecule has 4 rings (SSSR count). The largest absolute Gasteiger partial charge is 0.372 e. The minimum Gasteiger partial charge on any atom is -0.372 e. The second kappa shape index (κ2) is 7.32. The number of rotatable bonds is 3. The Balaban J connectivity index is 1.30. The fourth-order valence-corrected chi connectivity index (χ4v) is 4.61. The number of amides is 2. The Labute approximate surface area is 156 Å². The molecule has 2 amide bonds. The maximum Gasteiger partial charge on any atom is 0.222 e. The van der Waals surface area contributed by atoms with Crippen LogP contribution in [0.25, 0.3) is 10.2 Å². The van der Waals surface area contributed by atoms with Crippen LogP contribution in [0, 0.1) is 0 Å². The third-order valence-electron chi connectivity index (χ3n) is 5.26. The number of aryl methyl sites for hydroxylation is 1. The molecule has 1 aromatic carbocycles. The van der Waals surface area contributed by atoms with E-state index >= 15 is 0 Å². The lowest BCUT2D eigenvalue weighted by Crippen LogP contribution is -2.52. The Morgan fingerprint density at radius 2 is 2.12 bits per heavy atom. The van der Waals surface area contributed by atoms with Crippen molar-refractivity contribution in [3.63, 3.8) is 0 Å². The molecule has 0 radical (unpaired) electrons. The molecule has 0 bridgehead atoms. The van der Waals surface area contributed by atoms with Crippen molar-refractivity contribution in [1.82, 2.24) is 15.2 Å². The second-order valence-electron chi connectivity index (χ2n) is 7.01. The number of fused-ring (bicyclic) bond motifs is 1. The molecule has 1 spiro atoms. The maximum absolute atomic E-state index is 12.6. The zero-order chi connectivity index (χ0) is 18.0. The number of ether oxygens (including phenoxy) is 1. The van der Waals surface area contributed by atoms with E-state index in [2.05, 4.69) is 16.4 Å². The van der Waals surface area contributed by atoms with Gasteiger partial charge in [0, 0.05) is 38.9 Å². The molecule has 0 atom stereocenters. The molecule has 0 unspecified atom stereocenters. The molecule has 2 saturated heterocycles. The van der Waals surface area contributed by atoms with Crippen LogP contribution in [-0.2, 0) is 20.7 Å². The van der Waals surface area contributed by atoms with E-state index in [1.54, 1.807) is 11.3 Å². The quantitative estimate of drug-likeness (QED) is 0.895. The number of hydrogen-bond donors (Lipinski definition) is 1. The number of carbonyl (C=O) groups is 2. The smallest absolute Gasteiger partial charge is 0.222 e. The van der Waals surface area contributed by atoms with Crippen LogP contribution in [0.4, 0.5) is 0 Å². The summed E-state index contributed by atoms with van der Waals surface area (Å²) in [6, 6.07) is 8.07. The van der Waals surface area contributed by atoms with Crippen molar-refractivity contribution in [2.45, 2.75) is 37.7 Å². The van der Waals surface area contributed by atoms with Gasteiger partial charge in [0.2, 0.25) is 11.8 Å². The van der Waals surface area contributed by atoms with Crippen molar-refractivity contribution < 1.29 is 14.3 Å². The fourth-order valence-electron chi connectivity index (χ4n) is 3.64. The number of nitrogens with zero attached hydrogens (tertiary/aromatic N) is 2. The molecule has 0 aliphatic carbocycles. The molecule has 138 valence electrons. The molecular formula is C19H23N3O3S. The molecular weight excluding hydrogens is 350 g/mol. The average Bonchev–Trinajstić information content (AvgIpc) is 3.00. The summed E-state index contributed by atoms with van der Waals surface area (Å²) < 4.78 is 7.13. The topological polar surface area (TPSA) is 71.5 Å². The summed E-state index contributed by atoms with van der Waals surface area (Å²) in [5.74, 6) is 0.230. The Morgan fingerprint density at radius 3 is 2.92 bits per heavy atom. The highest BCUT2D eigenvalue weighted by Gasteiger charge is 2.38. The van der Waals surface area contributed by atoms with Crippen LogP contribution in [-0.4, -0.2) is 53.5 Å². The van der Waals surface area contributed by atoms with Crippen LogP contribution in [0.5, 0.6) is 0 Å². The number of aromatic nitrogens is 1. The molecule has 2 aliphatic heterocycles. The van der Waals surface area contributed by atoms with E-state index in [9.17, 15) is 9.59 Å². The predicted octanol–water partition coefficient (Wildman–Crippen LogP) is 2.13. The van der Waals surface area contributed by atoms with Gasteiger partial charge in [-0.3, -0.25) is 9.59 Å². The first-order valence-corrected chi connectivity index (χ1v) is 9.98. The van der Waals surface area contributed by atoms with E-state index in [1.165, 1.54) is 4.70 Å². The van der Waals surface area contributed by atoms with Gasteiger partial charge in [-0.05, 0) is 25.0 Å². The number of carbonyl (C=O) groups excluding carboxylic acids is 2. The zero-order valence-electron chi connectivity index (χ0n) is 14.7. The molecule has 1 N–H and O–H groups in total. The highest BCUT2D eigenvalue weighted by atomic mass is 32.1. The monoisotopic (exact) mass is 373 g/mol. The van der Waals surface area contributed by atoms with Gasteiger partial charge < -0.3 is 15.0 Å². The molecule has 2 aliphatic rings. The molecule has 2 aromatic rings. The van der Waals surface area contributed by atoms with Crippen molar-refractivity contribution >= 4 is 33.4 Å². The van der Waals surface area contributed by atoms with Gasteiger partial charge >= 0.3 is 0 Å². The summed E-state index contributed by atoms with van der Waals surface area (Å²) in [6.45, 7) is 2.40. The van der Waals surface area contributed by atoms with Crippen LogP contribution in [0.15, 0.2) is 24.3 Å². The average molecular weight is 373 g/mol. The summed E-state index contributed by atoms with van der Waals surface area (Å²) in [6.07, 6.45) is 3.16. The summed E-state index contributed by atoms with van der Waals surface area (Å²) in [4.78, 5) is 30.6. The number of thiazole rings is 1. The first-order chi connectivity index (χ1) is 12.6. The molecule has 1 aromatic heterocycles. The summed E-state index contributed by atoms with van der Waals surface area (Å²) >= 11 is 1.66. The lowest BCUT2D eigenvalue weighted by atomic mass is 9.90. The van der Waals surface area contributed by atoms with E-state index in [4.69, 9.17) is 4.74 Å². The number of piperidine rings is 1. The van der Waals surface area contributed by atoms with Crippen LogP contribution < -0.4 is 5.32 Å². The zero-order valence-corrected chi connectivity index (χ0v) is 15.5. The van der Waals surface area contributed by atoms with Gasteiger partial charge in [-0.1, -0.05) is 12.1 Å². The van der Waals surface area contributed by atoms with Gasteiger partial charge in [0.1, 0.15) is 0 Å². The summed E-state index contributed by atoms with van der Waals surface area (Å²) in [5.41, 5.74) is 0.711. The van der Waals surface area contributed by atoms with Crippen molar-refractivity contribution in [2.24, 2.45) is 0 Å². The molecule has 7 heteroatoms. The molecule has 26 heavy (non-hydrogen) atoms. The van der Waals surface area contributed by atoms with E-state index in [0.29, 0.717) is 45.5 Å². The number of benzene rings is 1. The van der Waals surface area contributed by atoms with Gasteiger partial charge in [0.25, 0.3) is 0 Å². The fraction of sp³-hybridized carbons (Fsp3) is 0.526. The Morgan fingerprint density at radius 1 is 1.31 bits per heavy atom. The van der Waals surface area contributed by atoms with E-state index < -0.39 is 0 Å². The number of hydrogen-bond acceptors (Lipinski definition) is 5. The van der Waals surface area contributed by atoms with E-state index in [-0.39, 0.29) is 17.4 Å². The van der Waals surface area contributed by atoms with Gasteiger partial charge in [-0.15, -0.1) is 11.3 Å². The maximum atomic E-state index is 12.6. The lowest BCUT2D eigenvalue weighted by Gasteiger charge is -2.40. The van der Waals surface area contributed by atoms with Gasteiger partial charge in [0.05, 0.1) is 27.4 Å². The molecule has 2 fully saturated rings. The lowest BCUT2D eigenvalue weighted by molar-refractivity contribution is -0.137. The van der Waals surface area contributed by atoms with E-state index in [0.717, 1.165) is 23.4 Å². The van der Waals surface area contributed by atoms with Crippen LogP contribution in [0.1, 0.15) is 30.7 Å². The first kappa shape index (κ1) is 17.4.